The van der Waals surface area contributed by atoms with Gasteiger partial charge < -0.3 is 15.6 Å². The number of carbonyl (C=O) groups excluding carboxylic acids is 1. The first-order valence-electron chi connectivity index (χ1n) is 11.8. The summed E-state index contributed by atoms with van der Waals surface area (Å²) in [5.41, 5.74) is 2.46. The van der Waals surface area contributed by atoms with Crippen LogP contribution in [0.2, 0.25) is 0 Å². The second-order valence-corrected chi connectivity index (χ2v) is 8.89. The summed E-state index contributed by atoms with van der Waals surface area (Å²) >= 11 is 0. The number of nitrogens with zero attached hydrogens (tertiary/aromatic N) is 3. The van der Waals surface area contributed by atoms with Gasteiger partial charge in [-0.05, 0) is 67.9 Å². The van der Waals surface area contributed by atoms with Crippen molar-refractivity contribution in [3.63, 3.8) is 0 Å². The molecule has 0 unspecified atom stereocenters. The minimum absolute atomic E-state index is 0.131. The Bertz CT molecular complexity index is 1760. The Labute approximate surface area is 220 Å². The lowest BCUT2D eigenvalue weighted by atomic mass is 10.0. The number of fused-ring (bicyclic) bond motifs is 1. The maximum Gasteiger partial charge on any atom is 0.416 e. The fourth-order valence-electron chi connectivity index (χ4n) is 3.96. The zero-order valence-corrected chi connectivity index (χ0v) is 20.7. The molecule has 0 saturated carbocycles. The number of rotatable bonds is 5. The van der Waals surface area contributed by atoms with E-state index in [4.69, 9.17) is 0 Å². The number of alkyl halides is 3. The molecule has 196 valence electrons. The molecule has 3 aromatic heterocycles. The van der Waals surface area contributed by atoms with Gasteiger partial charge in [0, 0.05) is 39.8 Å². The second kappa shape index (κ2) is 10.0. The molecular weight excluding hydrogens is 509 g/mol. The van der Waals surface area contributed by atoms with Gasteiger partial charge in [0.1, 0.15) is 5.52 Å². The third-order valence-corrected chi connectivity index (χ3v) is 5.99. The lowest BCUT2D eigenvalue weighted by Gasteiger charge is -2.12. The fourth-order valence-corrected chi connectivity index (χ4v) is 3.96. The number of halogens is 3. The summed E-state index contributed by atoms with van der Waals surface area (Å²) in [6.07, 6.45) is -1.40. The number of nitrogens with one attached hydrogen (secondary N) is 3. The van der Waals surface area contributed by atoms with E-state index in [1.54, 1.807) is 30.5 Å². The van der Waals surface area contributed by atoms with Crippen molar-refractivity contribution in [1.82, 2.24) is 19.9 Å². The number of aryl methyl sites for hydroxylation is 2. The molecule has 5 aromatic rings. The SMILES string of the molecule is Cc1ccc(Nc2ncc3cc(-c4cc(NC(=O)c5cccc(C(F)(F)F)c5)ccc4C)[nH]c(=O)c3n2)cn1. The topological polar surface area (TPSA) is 113 Å². The van der Waals surface area contributed by atoms with Gasteiger partial charge in [-0.1, -0.05) is 12.1 Å². The van der Waals surface area contributed by atoms with E-state index in [0.29, 0.717) is 28.0 Å². The number of amides is 1. The van der Waals surface area contributed by atoms with E-state index in [9.17, 15) is 22.8 Å². The average molecular weight is 531 g/mol. The van der Waals surface area contributed by atoms with Gasteiger partial charge in [0.25, 0.3) is 11.5 Å². The number of H-pyrrole nitrogens is 1. The van der Waals surface area contributed by atoms with Crippen molar-refractivity contribution in [2.45, 2.75) is 20.0 Å². The third kappa shape index (κ3) is 5.61. The molecule has 0 radical (unpaired) electrons. The summed E-state index contributed by atoms with van der Waals surface area (Å²) in [6.45, 7) is 3.70. The Morgan fingerprint density at radius 1 is 0.923 bits per heavy atom. The van der Waals surface area contributed by atoms with Crippen LogP contribution in [0.3, 0.4) is 0 Å². The van der Waals surface area contributed by atoms with E-state index in [0.717, 1.165) is 23.4 Å². The normalized spacial score (nSPS) is 11.4. The first-order chi connectivity index (χ1) is 18.6. The van der Waals surface area contributed by atoms with Crippen LogP contribution in [0.4, 0.5) is 30.5 Å². The van der Waals surface area contributed by atoms with Crippen molar-refractivity contribution in [3.8, 4) is 11.3 Å². The van der Waals surface area contributed by atoms with E-state index in [-0.39, 0.29) is 17.0 Å². The van der Waals surface area contributed by atoms with E-state index >= 15 is 0 Å². The lowest BCUT2D eigenvalue weighted by molar-refractivity contribution is -0.137. The van der Waals surface area contributed by atoms with Crippen molar-refractivity contribution in [2.24, 2.45) is 0 Å². The first-order valence-corrected chi connectivity index (χ1v) is 11.8. The van der Waals surface area contributed by atoms with Gasteiger partial charge in [0.2, 0.25) is 5.95 Å². The van der Waals surface area contributed by atoms with Gasteiger partial charge in [0.15, 0.2) is 0 Å². The van der Waals surface area contributed by atoms with Gasteiger partial charge in [-0.3, -0.25) is 14.6 Å². The molecule has 0 fully saturated rings. The second-order valence-electron chi connectivity index (χ2n) is 8.89. The Kier molecular flexibility index (Phi) is 6.57. The Hall–Kier alpha value is -5.06. The predicted octanol–water partition coefficient (Wildman–Crippen LogP) is 6.01. The van der Waals surface area contributed by atoms with Crippen LogP contribution in [0, 0.1) is 13.8 Å². The average Bonchev–Trinajstić information content (AvgIpc) is 2.91. The number of hydrogen-bond donors (Lipinski definition) is 3. The molecule has 0 saturated heterocycles. The highest BCUT2D eigenvalue weighted by atomic mass is 19.4. The summed E-state index contributed by atoms with van der Waals surface area (Å²) in [5, 5.41) is 6.14. The fraction of sp³-hybridized carbons (Fsp3) is 0.107. The van der Waals surface area contributed by atoms with Crippen LogP contribution in [0.1, 0.15) is 27.2 Å². The van der Waals surface area contributed by atoms with Crippen LogP contribution >= 0.6 is 0 Å². The molecule has 3 N–H and O–H groups in total. The quantitative estimate of drug-likeness (QED) is 0.257. The Balaban J connectivity index is 1.42. The van der Waals surface area contributed by atoms with Gasteiger partial charge in [-0.15, -0.1) is 0 Å². The van der Waals surface area contributed by atoms with Crippen molar-refractivity contribution in [2.75, 3.05) is 10.6 Å². The zero-order chi connectivity index (χ0) is 27.7. The van der Waals surface area contributed by atoms with Crippen molar-refractivity contribution in [3.05, 3.63) is 106 Å². The number of hydrogen-bond acceptors (Lipinski definition) is 6. The monoisotopic (exact) mass is 530 g/mol. The molecule has 1 amide bonds. The smallest absolute Gasteiger partial charge is 0.323 e. The molecule has 39 heavy (non-hydrogen) atoms. The number of aromatic nitrogens is 4. The van der Waals surface area contributed by atoms with Crippen LogP contribution in [-0.4, -0.2) is 25.8 Å². The minimum Gasteiger partial charge on any atom is -0.323 e. The van der Waals surface area contributed by atoms with Crippen LogP contribution in [0.15, 0.2) is 77.9 Å². The maximum absolute atomic E-state index is 13.0. The maximum atomic E-state index is 13.0. The van der Waals surface area contributed by atoms with Crippen molar-refractivity contribution < 1.29 is 18.0 Å². The van der Waals surface area contributed by atoms with Crippen LogP contribution in [0.25, 0.3) is 22.2 Å². The summed E-state index contributed by atoms with van der Waals surface area (Å²) in [6, 6.07) is 14.6. The Morgan fingerprint density at radius 2 is 1.72 bits per heavy atom. The summed E-state index contributed by atoms with van der Waals surface area (Å²) < 4.78 is 39.1. The van der Waals surface area contributed by atoms with E-state index in [2.05, 4.69) is 30.6 Å². The largest absolute Gasteiger partial charge is 0.416 e. The highest BCUT2D eigenvalue weighted by Crippen LogP contribution is 2.30. The van der Waals surface area contributed by atoms with E-state index < -0.39 is 23.2 Å². The van der Waals surface area contributed by atoms with Crippen molar-refractivity contribution in [1.29, 1.82) is 0 Å². The molecule has 0 aliphatic rings. The molecule has 5 rings (SSSR count). The summed E-state index contributed by atoms with van der Waals surface area (Å²) in [7, 11) is 0. The van der Waals surface area contributed by atoms with Gasteiger partial charge in [0.05, 0.1) is 17.4 Å². The molecule has 11 heteroatoms. The number of aromatic amines is 1. The van der Waals surface area contributed by atoms with Crippen LogP contribution in [-0.2, 0) is 6.18 Å². The van der Waals surface area contributed by atoms with Gasteiger partial charge in [-0.2, -0.15) is 13.2 Å². The summed E-state index contributed by atoms with van der Waals surface area (Å²) in [5.74, 6) is -0.456. The highest BCUT2D eigenvalue weighted by Gasteiger charge is 2.30. The van der Waals surface area contributed by atoms with Gasteiger partial charge >= 0.3 is 6.18 Å². The molecule has 0 atom stereocenters. The molecule has 3 heterocycles. The highest BCUT2D eigenvalue weighted by molar-refractivity contribution is 6.04. The summed E-state index contributed by atoms with van der Waals surface area (Å²) in [4.78, 5) is 41.3. The van der Waals surface area contributed by atoms with Gasteiger partial charge in [-0.25, -0.2) is 9.97 Å². The Morgan fingerprint density at radius 3 is 2.46 bits per heavy atom. The molecule has 2 aromatic carbocycles. The molecule has 0 bridgehead atoms. The number of pyridine rings is 2. The lowest BCUT2D eigenvalue weighted by Crippen LogP contribution is -2.14. The van der Waals surface area contributed by atoms with Crippen LogP contribution in [0.5, 0.6) is 0 Å². The molecular formula is C28H21F3N6O2. The molecule has 0 aliphatic heterocycles. The zero-order valence-electron chi connectivity index (χ0n) is 20.7. The standard InChI is InChI=1S/C28H21F3N6O2/c1-15-6-8-20(34-25(38)17-4-3-5-19(10-17)28(29,30)31)12-22(15)23-11-18-13-33-27(37-24(18)26(39)36-23)35-21-9-7-16(2)32-14-21/h3-14H,1-2H3,(H,34,38)(H,36,39)(H,33,35,37). The third-order valence-electron chi connectivity index (χ3n) is 5.99. The molecule has 8 nitrogen and oxygen atoms in total. The molecule has 0 aliphatic carbocycles. The minimum atomic E-state index is -4.56. The first kappa shape index (κ1) is 25.6. The number of anilines is 3. The van der Waals surface area contributed by atoms with Crippen molar-refractivity contribution >= 4 is 34.1 Å². The van der Waals surface area contributed by atoms with E-state index in [1.165, 1.54) is 18.3 Å². The number of carbonyl (C=O) groups is 1. The van der Waals surface area contributed by atoms with Crippen LogP contribution < -0.4 is 16.2 Å². The number of benzene rings is 2. The molecule has 0 spiro atoms. The van der Waals surface area contributed by atoms with E-state index in [1.807, 2.05) is 26.0 Å². The predicted molar refractivity (Wildman–Crippen MR) is 142 cm³/mol.